The van der Waals surface area contributed by atoms with Crippen molar-refractivity contribution in [3.8, 4) is 28.8 Å². The number of hydrogen-bond donors (Lipinski definition) is 1. The highest BCUT2D eigenvalue weighted by atomic mass is 35.5. The third-order valence-electron chi connectivity index (χ3n) is 4.05. The van der Waals surface area contributed by atoms with E-state index in [0.717, 1.165) is 11.3 Å². The number of allylic oxidation sites excluding steroid dienone is 1. The van der Waals surface area contributed by atoms with Crippen molar-refractivity contribution in [1.82, 2.24) is 4.98 Å². The van der Waals surface area contributed by atoms with Crippen LogP contribution in [0.15, 0.2) is 48.0 Å². The van der Waals surface area contributed by atoms with Crippen molar-refractivity contribution < 1.29 is 9.47 Å². The van der Waals surface area contributed by atoms with Crippen LogP contribution in [0.4, 0.5) is 5.69 Å². The number of aromatic nitrogens is 1. The highest BCUT2D eigenvalue weighted by molar-refractivity contribution is 7.11. The number of halogens is 1. The van der Waals surface area contributed by atoms with E-state index in [0.29, 0.717) is 32.8 Å². The Morgan fingerprint density at radius 1 is 1.18 bits per heavy atom. The standard InChI is InChI=1S/C21H18ClN3O2S/c1-13-4-6-14(7-5-13)18-12-28-21(25-18)15(10-23)11-24-17-9-19(26-2)16(22)8-20(17)27-3/h4-9,11-12,24H,1-3H3/b15-11+. The summed E-state index contributed by atoms with van der Waals surface area (Å²) in [4.78, 5) is 4.59. The van der Waals surface area contributed by atoms with Gasteiger partial charge in [-0.2, -0.15) is 5.26 Å². The number of thiazole rings is 1. The zero-order valence-electron chi connectivity index (χ0n) is 15.6. The Hall–Kier alpha value is -3.01. The summed E-state index contributed by atoms with van der Waals surface area (Å²) in [5.41, 5.74) is 4.09. The number of anilines is 1. The molecule has 142 valence electrons. The van der Waals surface area contributed by atoms with Gasteiger partial charge in [-0.25, -0.2) is 4.98 Å². The lowest BCUT2D eigenvalue weighted by molar-refractivity contribution is 0.405. The van der Waals surface area contributed by atoms with E-state index in [9.17, 15) is 5.26 Å². The van der Waals surface area contributed by atoms with E-state index in [2.05, 4.69) is 16.4 Å². The minimum absolute atomic E-state index is 0.416. The Kier molecular flexibility index (Phi) is 6.19. The maximum Gasteiger partial charge on any atom is 0.144 e. The van der Waals surface area contributed by atoms with Crippen molar-refractivity contribution in [2.75, 3.05) is 19.5 Å². The molecule has 0 saturated carbocycles. The van der Waals surface area contributed by atoms with Gasteiger partial charge in [-0.15, -0.1) is 11.3 Å². The van der Waals surface area contributed by atoms with E-state index in [1.807, 2.05) is 36.6 Å². The fraction of sp³-hybridized carbons (Fsp3) is 0.143. The molecule has 0 aliphatic heterocycles. The normalized spacial score (nSPS) is 11.0. The smallest absolute Gasteiger partial charge is 0.144 e. The molecular formula is C21H18ClN3O2S. The first-order valence-corrected chi connectivity index (χ1v) is 9.62. The highest BCUT2D eigenvalue weighted by Crippen LogP contribution is 2.36. The van der Waals surface area contributed by atoms with E-state index in [1.165, 1.54) is 24.0 Å². The summed E-state index contributed by atoms with van der Waals surface area (Å²) in [5.74, 6) is 1.05. The van der Waals surface area contributed by atoms with Crippen LogP contribution in [0, 0.1) is 18.3 Å². The summed E-state index contributed by atoms with van der Waals surface area (Å²) >= 11 is 7.55. The van der Waals surface area contributed by atoms with Crippen LogP contribution in [-0.4, -0.2) is 19.2 Å². The summed E-state index contributed by atoms with van der Waals surface area (Å²) < 4.78 is 10.6. The van der Waals surface area contributed by atoms with Crippen molar-refractivity contribution >= 4 is 34.2 Å². The minimum Gasteiger partial charge on any atom is -0.495 e. The molecule has 0 radical (unpaired) electrons. The van der Waals surface area contributed by atoms with Gasteiger partial charge >= 0.3 is 0 Å². The Morgan fingerprint density at radius 3 is 2.54 bits per heavy atom. The molecule has 0 aliphatic carbocycles. The summed E-state index contributed by atoms with van der Waals surface area (Å²) in [5, 5.41) is 15.7. The van der Waals surface area contributed by atoms with Gasteiger partial charge in [0.15, 0.2) is 0 Å². The molecule has 0 fully saturated rings. The minimum atomic E-state index is 0.416. The number of nitriles is 1. The molecule has 1 heterocycles. The molecule has 0 spiro atoms. The Morgan fingerprint density at radius 2 is 1.89 bits per heavy atom. The van der Waals surface area contributed by atoms with Gasteiger partial charge in [0, 0.05) is 29.3 Å². The summed E-state index contributed by atoms with van der Waals surface area (Å²) in [6.07, 6.45) is 1.60. The average molecular weight is 412 g/mol. The van der Waals surface area contributed by atoms with Crippen molar-refractivity contribution in [2.45, 2.75) is 6.92 Å². The van der Waals surface area contributed by atoms with Gasteiger partial charge in [-0.05, 0) is 6.92 Å². The molecule has 0 amide bonds. The quantitative estimate of drug-likeness (QED) is 0.522. The molecule has 0 aliphatic rings. The second-order valence-electron chi connectivity index (χ2n) is 5.91. The Bertz CT molecular complexity index is 1050. The van der Waals surface area contributed by atoms with Gasteiger partial charge in [0.25, 0.3) is 0 Å². The van der Waals surface area contributed by atoms with E-state index in [4.69, 9.17) is 21.1 Å². The van der Waals surface area contributed by atoms with Crippen LogP contribution in [0.3, 0.4) is 0 Å². The Balaban J connectivity index is 1.88. The molecule has 2 aromatic carbocycles. The summed E-state index contributed by atoms with van der Waals surface area (Å²) in [6.45, 7) is 2.04. The van der Waals surface area contributed by atoms with Crippen LogP contribution in [-0.2, 0) is 0 Å². The van der Waals surface area contributed by atoms with Crippen molar-refractivity contribution in [1.29, 1.82) is 5.26 Å². The van der Waals surface area contributed by atoms with Crippen molar-refractivity contribution in [3.05, 3.63) is 63.6 Å². The van der Waals surface area contributed by atoms with Gasteiger partial charge < -0.3 is 14.8 Å². The molecule has 3 aromatic rings. The molecule has 3 rings (SSSR count). The maximum absolute atomic E-state index is 9.58. The largest absolute Gasteiger partial charge is 0.495 e. The van der Waals surface area contributed by atoms with Crippen LogP contribution < -0.4 is 14.8 Å². The molecule has 0 bridgehead atoms. The van der Waals surface area contributed by atoms with Crippen LogP contribution in [0.25, 0.3) is 16.8 Å². The van der Waals surface area contributed by atoms with E-state index in [-0.39, 0.29) is 0 Å². The monoisotopic (exact) mass is 411 g/mol. The number of rotatable bonds is 6. The molecule has 7 heteroatoms. The highest BCUT2D eigenvalue weighted by Gasteiger charge is 2.12. The van der Waals surface area contributed by atoms with Crippen molar-refractivity contribution in [3.63, 3.8) is 0 Å². The number of benzene rings is 2. The predicted molar refractivity (Wildman–Crippen MR) is 114 cm³/mol. The number of methoxy groups -OCH3 is 2. The first-order chi connectivity index (χ1) is 13.5. The topological polar surface area (TPSA) is 67.2 Å². The lowest BCUT2D eigenvalue weighted by Crippen LogP contribution is -1.96. The molecule has 0 unspecified atom stereocenters. The van der Waals surface area contributed by atoms with Crippen LogP contribution >= 0.6 is 22.9 Å². The second-order valence-corrected chi connectivity index (χ2v) is 7.17. The van der Waals surface area contributed by atoms with Gasteiger partial charge in [-0.1, -0.05) is 41.4 Å². The van der Waals surface area contributed by atoms with Crippen LogP contribution in [0.1, 0.15) is 10.6 Å². The second kappa shape index (κ2) is 8.79. The van der Waals surface area contributed by atoms with Crippen molar-refractivity contribution in [2.24, 2.45) is 0 Å². The Labute approximate surface area is 172 Å². The van der Waals surface area contributed by atoms with E-state index >= 15 is 0 Å². The number of nitrogens with one attached hydrogen (secondary N) is 1. The summed E-state index contributed by atoms with van der Waals surface area (Å²) in [7, 11) is 3.09. The zero-order valence-corrected chi connectivity index (χ0v) is 17.2. The van der Waals surface area contributed by atoms with Crippen LogP contribution in [0.2, 0.25) is 5.02 Å². The zero-order chi connectivity index (χ0) is 20.1. The average Bonchev–Trinajstić information content (AvgIpc) is 3.19. The molecule has 1 aromatic heterocycles. The molecule has 0 saturated heterocycles. The van der Waals surface area contributed by atoms with Gasteiger partial charge in [-0.3, -0.25) is 0 Å². The first kappa shape index (κ1) is 19.7. The lowest BCUT2D eigenvalue weighted by Gasteiger charge is -2.12. The fourth-order valence-corrected chi connectivity index (χ4v) is 3.54. The molecule has 5 nitrogen and oxygen atoms in total. The SMILES string of the molecule is COc1cc(N/C=C(\C#N)c2nc(-c3ccc(C)cc3)cs2)c(OC)cc1Cl. The first-order valence-electron chi connectivity index (χ1n) is 8.37. The van der Waals surface area contributed by atoms with Gasteiger partial charge in [0.05, 0.1) is 30.6 Å². The third-order valence-corrected chi connectivity index (χ3v) is 5.22. The maximum atomic E-state index is 9.58. The number of nitrogens with zero attached hydrogens (tertiary/aromatic N) is 2. The lowest BCUT2D eigenvalue weighted by atomic mass is 10.1. The fourth-order valence-electron chi connectivity index (χ4n) is 2.52. The molecular weight excluding hydrogens is 394 g/mol. The predicted octanol–water partition coefficient (Wildman–Crippen LogP) is 5.77. The molecule has 0 atom stereocenters. The van der Waals surface area contributed by atoms with E-state index in [1.54, 1.807) is 25.4 Å². The van der Waals surface area contributed by atoms with Gasteiger partial charge in [0.1, 0.15) is 28.1 Å². The van der Waals surface area contributed by atoms with Crippen LogP contribution in [0.5, 0.6) is 11.5 Å². The molecule has 28 heavy (non-hydrogen) atoms. The number of ether oxygens (including phenoxy) is 2. The summed E-state index contributed by atoms with van der Waals surface area (Å²) in [6, 6.07) is 13.7. The number of hydrogen-bond acceptors (Lipinski definition) is 6. The van der Waals surface area contributed by atoms with E-state index < -0.39 is 0 Å². The number of aryl methyl sites for hydroxylation is 1. The third kappa shape index (κ3) is 4.28. The van der Waals surface area contributed by atoms with Gasteiger partial charge in [0.2, 0.25) is 0 Å². The molecule has 1 N–H and O–H groups in total.